The Hall–Kier alpha value is -2.25. The van der Waals surface area contributed by atoms with E-state index >= 15 is 0 Å². The van der Waals surface area contributed by atoms with E-state index in [9.17, 15) is 0 Å². The lowest BCUT2D eigenvalue weighted by Gasteiger charge is -2.39. The molecule has 0 aliphatic carbocycles. The zero-order valence-electron chi connectivity index (χ0n) is 17.1. The third kappa shape index (κ3) is 4.51. The zero-order valence-corrected chi connectivity index (χ0v) is 18.0. The van der Waals surface area contributed by atoms with Crippen LogP contribution in [0.1, 0.15) is 23.3 Å². The normalized spacial score (nSPS) is 17.9. The first-order valence-corrected chi connectivity index (χ1v) is 11.0. The minimum Gasteiger partial charge on any atom is -0.454 e. The lowest BCUT2D eigenvalue weighted by molar-refractivity contribution is 0.0511. The summed E-state index contributed by atoms with van der Waals surface area (Å²) in [6, 6.07) is 10.6. The van der Waals surface area contributed by atoms with Crippen LogP contribution in [0.5, 0.6) is 11.5 Å². The summed E-state index contributed by atoms with van der Waals surface area (Å²) in [6.07, 6.45) is 2.96. The molecule has 7 heteroatoms. The van der Waals surface area contributed by atoms with Crippen LogP contribution in [0.3, 0.4) is 0 Å². The molecule has 0 atom stereocenters. The number of ether oxygens (including phenoxy) is 3. The van der Waals surface area contributed by atoms with Gasteiger partial charge in [0, 0.05) is 50.7 Å². The second-order valence-electron chi connectivity index (χ2n) is 7.61. The number of nitrogens with zero attached hydrogens (tertiary/aromatic N) is 2. The van der Waals surface area contributed by atoms with Gasteiger partial charge in [0.05, 0.1) is 0 Å². The molecule has 4 rings (SSSR count). The van der Waals surface area contributed by atoms with Crippen molar-refractivity contribution in [3.05, 3.63) is 46.2 Å². The van der Waals surface area contributed by atoms with E-state index in [2.05, 4.69) is 51.9 Å². The zero-order chi connectivity index (χ0) is 20.1. The molecule has 2 aromatic rings. The van der Waals surface area contributed by atoms with Gasteiger partial charge in [0.25, 0.3) is 0 Å². The molecule has 0 radical (unpaired) electrons. The topological polar surface area (TPSA) is 55.3 Å². The number of hydrogen-bond donors (Lipinski definition) is 1. The highest BCUT2D eigenvalue weighted by molar-refractivity contribution is 7.09. The summed E-state index contributed by atoms with van der Waals surface area (Å²) in [7, 11) is 3.95. The Kier molecular flexibility index (Phi) is 6.25. The number of rotatable bonds is 6. The van der Waals surface area contributed by atoms with Gasteiger partial charge in [-0.05, 0) is 48.4 Å². The average molecular weight is 416 g/mol. The molecule has 2 aliphatic heterocycles. The number of benzene rings is 1. The second-order valence-corrected chi connectivity index (χ2v) is 8.64. The minimum absolute atomic E-state index is 0.0102. The summed E-state index contributed by atoms with van der Waals surface area (Å²) in [5.41, 5.74) is 1.26. The Labute approximate surface area is 176 Å². The minimum atomic E-state index is -0.0102. The molecule has 156 valence electrons. The van der Waals surface area contributed by atoms with Gasteiger partial charge < -0.3 is 24.4 Å². The molecule has 0 amide bonds. The van der Waals surface area contributed by atoms with Crippen LogP contribution in [-0.2, 0) is 16.6 Å². The third-order valence-electron chi connectivity index (χ3n) is 5.87. The van der Waals surface area contributed by atoms with E-state index in [-0.39, 0.29) is 5.41 Å². The molecule has 1 N–H and O–H groups in total. The summed E-state index contributed by atoms with van der Waals surface area (Å²) >= 11 is 1.80. The standard InChI is InChI=1S/C22H29N3O3S/c1-23-21(25(2)10-7-18-4-3-13-29-18)24-15-22(8-11-26-12-9-22)17-5-6-19-20(14-17)28-16-27-19/h3-6,13-14H,7-12,15-16H2,1-2H3,(H,23,24). The maximum atomic E-state index is 5.68. The number of nitrogens with one attached hydrogen (secondary N) is 1. The molecule has 3 heterocycles. The number of likely N-dealkylation sites (N-methyl/N-ethyl adjacent to an activating group) is 1. The molecule has 0 unspecified atom stereocenters. The SMILES string of the molecule is CN=C(NCC1(c2ccc3c(c2)OCO3)CCOCC1)N(C)CCc1cccs1. The first kappa shape index (κ1) is 20.0. The number of thiophene rings is 1. The summed E-state index contributed by atoms with van der Waals surface area (Å²) in [6.45, 7) is 3.58. The van der Waals surface area contributed by atoms with E-state index in [1.807, 2.05) is 13.1 Å². The molecule has 1 aromatic heterocycles. The van der Waals surface area contributed by atoms with Gasteiger partial charge >= 0.3 is 0 Å². The Morgan fingerprint density at radius 2 is 2.03 bits per heavy atom. The summed E-state index contributed by atoms with van der Waals surface area (Å²) in [5.74, 6) is 2.59. The second kappa shape index (κ2) is 9.05. The van der Waals surface area contributed by atoms with Crippen LogP contribution in [0.4, 0.5) is 0 Å². The highest BCUT2D eigenvalue weighted by Crippen LogP contribution is 2.40. The predicted molar refractivity (Wildman–Crippen MR) is 116 cm³/mol. The summed E-state index contributed by atoms with van der Waals surface area (Å²) < 4.78 is 16.8. The van der Waals surface area contributed by atoms with Gasteiger partial charge in [-0.25, -0.2) is 0 Å². The van der Waals surface area contributed by atoms with Crippen LogP contribution >= 0.6 is 11.3 Å². The molecule has 29 heavy (non-hydrogen) atoms. The van der Waals surface area contributed by atoms with Crippen LogP contribution in [0, 0.1) is 0 Å². The molecule has 0 spiro atoms. The predicted octanol–water partition coefficient (Wildman–Crippen LogP) is 3.27. The fourth-order valence-electron chi connectivity index (χ4n) is 4.03. The van der Waals surface area contributed by atoms with Gasteiger partial charge in [-0.15, -0.1) is 11.3 Å². The fourth-order valence-corrected chi connectivity index (χ4v) is 4.73. The summed E-state index contributed by atoms with van der Waals surface area (Å²) in [5, 5.41) is 5.76. The van der Waals surface area contributed by atoms with Crippen molar-refractivity contribution < 1.29 is 14.2 Å². The molecule has 2 aliphatic rings. The van der Waals surface area contributed by atoms with Gasteiger partial charge in [-0.2, -0.15) is 0 Å². The van der Waals surface area contributed by atoms with Crippen molar-refractivity contribution in [3.8, 4) is 11.5 Å². The van der Waals surface area contributed by atoms with E-state index in [0.717, 1.165) is 63.0 Å². The molecule has 1 saturated heterocycles. The van der Waals surface area contributed by atoms with Crippen LogP contribution in [-0.4, -0.2) is 58.1 Å². The molecule has 1 fully saturated rings. The van der Waals surface area contributed by atoms with Crippen LogP contribution in [0.25, 0.3) is 0 Å². The summed E-state index contributed by atoms with van der Waals surface area (Å²) in [4.78, 5) is 8.11. The van der Waals surface area contributed by atoms with Crippen molar-refractivity contribution in [1.82, 2.24) is 10.2 Å². The molecule has 0 bridgehead atoms. The Balaban J connectivity index is 1.45. The Bertz CT molecular complexity index is 832. The molecular weight excluding hydrogens is 386 g/mol. The van der Waals surface area contributed by atoms with E-state index in [1.165, 1.54) is 10.4 Å². The molecule has 6 nitrogen and oxygen atoms in total. The monoisotopic (exact) mass is 415 g/mol. The van der Waals surface area contributed by atoms with Crippen LogP contribution in [0.15, 0.2) is 40.7 Å². The van der Waals surface area contributed by atoms with Crippen LogP contribution < -0.4 is 14.8 Å². The van der Waals surface area contributed by atoms with Crippen LogP contribution in [0.2, 0.25) is 0 Å². The van der Waals surface area contributed by atoms with E-state index < -0.39 is 0 Å². The van der Waals surface area contributed by atoms with Gasteiger partial charge in [-0.1, -0.05) is 12.1 Å². The lowest BCUT2D eigenvalue weighted by Crippen LogP contribution is -2.48. The van der Waals surface area contributed by atoms with Crippen molar-refractivity contribution in [2.45, 2.75) is 24.7 Å². The molecule has 0 saturated carbocycles. The van der Waals surface area contributed by atoms with E-state index in [0.29, 0.717) is 6.79 Å². The fraction of sp³-hybridized carbons (Fsp3) is 0.500. The first-order chi connectivity index (χ1) is 14.2. The maximum Gasteiger partial charge on any atom is 0.231 e. The maximum absolute atomic E-state index is 5.68. The Morgan fingerprint density at radius 3 is 2.79 bits per heavy atom. The van der Waals surface area contributed by atoms with E-state index in [1.54, 1.807) is 11.3 Å². The number of fused-ring (bicyclic) bond motifs is 1. The molecular formula is C22H29N3O3S. The third-order valence-corrected chi connectivity index (χ3v) is 6.80. The number of hydrogen-bond acceptors (Lipinski definition) is 5. The molecule has 1 aromatic carbocycles. The lowest BCUT2D eigenvalue weighted by atomic mass is 9.74. The first-order valence-electron chi connectivity index (χ1n) is 10.1. The average Bonchev–Trinajstić information content (AvgIpc) is 3.44. The van der Waals surface area contributed by atoms with Crippen molar-refractivity contribution in [1.29, 1.82) is 0 Å². The number of guanidine groups is 1. The van der Waals surface area contributed by atoms with Gasteiger partial charge in [0.1, 0.15) is 0 Å². The highest BCUT2D eigenvalue weighted by atomic mass is 32.1. The van der Waals surface area contributed by atoms with Crippen molar-refractivity contribution in [2.75, 3.05) is 47.2 Å². The van der Waals surface area contributed by atoms with Gasteiger partial charge in [-0.3, -0.25) is 4.99 Å². The Morgan fingerprint density at radius 1 is 1.21 bits per heavy atom. The highest BCUT2D eigenvalue weighted by Gasteiger charge is 2.36. The number of aliphatic imine (C=N–C) groups is 1. The smallest absolute Gasteiger partial charge is 0.231 e. The van der Waals surface area contributed by atoms with Gasteiger partial charge in [0.15, 0.2) is 17.5 Å². The van der Waals surface area contributed by atoms with E-state index in [4.69, 9.17) is 14.2 Å². The largest absolute Gasteiger partial charge is 0.454 e. The van der Waals surface area contributed by atoms with Crippen molar-refractivity contribution in [2.24, 2.45) is 4.99 Å². The van der Waals surface area contributed by atoms with Crippen molar-refractivity contribution >= 4 is 17.3 Å². The van der Waals surface area contributed by atoms with Crippen molar-refractivity contribution in [3.63, 3.8) is 0 Å². The quantitative estimate of drug-likeness (QED) is 0.580. The van der Waals surface area contributed by atoms with Gasteiger partial charge in [0.2, 0.25) is 6.79 Å².